The number of hydrogen-bond donors (Lipinski definition) is 1. The summed E-state index contributed by atoms with van der Waals surface area (Å²) in [5.74, 6) is 0.0430. The summed E-state index contributed by atoms with van der Waals surface area (Å²) in [5.41, 5.74) is 2.31. The normalized spacial score (nSPS) is 13.9. The van der Waals surface area contributed by atoms with Crippen molar-refractivity contribution in [3.63, 3.8) is 0 Å². The molecule has 0 aliphatic rings. The molecule has 1 N–H and O–H groups in total. The van der Waals surface area contributed by atoms with E-state index in [1.54, 1.807) is 0 Å². The quantitative estimate of drug-likeness (QED) is 0.807. The first-order chi connectivity index (χ1) is 10.1. The Balaban J connectivity index is 2.31. The van der Waals surface area contributed by atoms with E-state index in [0.29, 0.717) is 4.47 Å². The molecule has 0 bridgehead atoms. The van der Waals surface area contributed by atoms with E-state index < -0.39 is 0 Å². The second-order valence-corrected chi connectivity index (χ2v) is 6.03. The summed E-state index contributed by atoms with van der Waals surface area (Å²) in [6.45, 7) is 5.25. The van der Waals surface area contributed by atoms with Crippen LogP contribution in [0.5, 0.6) is 0 Å². The van der Waals surface area contributed by atoms with E-state index in [0.717, 1.165) is 18.5 Å². The minimum Gasteiger partial charge on any atom is -0.309 e. The average Bonchev–Trinajstić information content (AvgIpc) is 2.51. The Labute approximate surface area is 133 Å². The van der Waals surface area contributed by atoms with Crippen LogP contribution in [0.2, 0.25) is 0 Å². The highest BCUT2D eigenvalue weighted by Crippen LogP contribution is 2.32. The molecule has 0 saturated carbocycles. The van der Waals surface area contributed by atoms with Crippen molar-refractivity contribution in [2.75, 3.05) is 6.54 Å². The molecule has 0 saturated heterocycles. The van der Waals surface area contributed by atoms with Gasteiger partial charge in [-0.05, 0) is 64.3 Å². The van der Waals surface area contributed by atoms with E-state index in [2.05, 4.69) is 40.1 Å². The fourth-order valence-electron chi connectivity index (χ4n) is 2.45. The minimum absolute atomic E-state index is 0.143. The summed E-state index contributed by atoms with van der Waals surface area (Å²) in [7, 11) is 0. The highest BCUT2D eigenvalue weighted by Gasteiger charge is 2.21. The number of nitrogens with zero attached hydrogens (tertiary/aromatic N) is 1. The van der Waals surface area contributed by atoms with Gasteiger partial charge in [0.15, 0.2) is 0 Å². The average molecular weight is 351 g/mol. The van der Waals surface area contributed by atoms with E-state index >= 15 is 0 Å². The fourth-order valence-corrected chi connectivity index (χ4v) is 2.84. The van der Waals surface area contributed by atoms with Crippen molar-refractivity contribution < 1.29 is 4.39 Å². The molecule has 2 aromatic rings. The van der Waals surface area contributed by atoms with Crippen LogP contribution in [0.1, 0.15) is 43.4 Å². The van der Waals surface area contributed by atoms with Crippen LogP contribution in [0.3, 0.4) is 0 Å². The zero-order valence-corrected chi connectivity index (χ0v) is 13.9. The second kappa shape index (κ2) is 7.66. The van der Waals surface area contributed by atoms with Gasteiger partial charge in [0, 0.05) is 24.4 Å². The number of nitrogens with one attached hydrogen (secondary N) is 1. The Kier molecular flexibility index (Phi) is 5.88. The molecule has 2 atom stereocenters. The summed E-state index contributed by atoms with van der Waals surface area (Å²) >= 11 is 3.28. The summed E-state index contributed by atoms with van der Waals surface area (Å²) in [4.78, 5) is 4.07. The van der Waals surface area contributed by atoms with Crippen LogP contribution in [0.15, 0.2) is 47.2 Å². The molecule has 0 aliphatic heterocycles. The largest absolute Gasteiger partial charge is 0.309 e. The van der Waals surface area contributed by atoms with Crippen LogP contribution in [0, 0.1) is 5.82 Å². The van der Waals surface area contributed by atoms with Crippen molar-refractivity contribution in [3.05, 3.63) is 64.1 Å². The van der Waals surface area contributed by atoms with E-state index in [9.17, 15) is 4.39 Å². The lowest BCUT2D eigenvalue weighted by Gasteiger charge is -2.26. The molecule has 1 aromatic carbocycles. The minimum atomic E-state index is -0.232. The van der Waals surface area contributed by atoms with Gasteiger partial charge in [-0.2, -0.15) is 0 Å². The molecule has 21 heavy (non-hydrogen) atoms. The number of rotatable bonds is 6. The van der Waals surface area contributed by atoms with Crippen molar-refractivity contribution in [2.45, 2.75) is 32.2 Å². The first-order valence-corrected chi connectivity index (χ1v) is 8.01. The van der Waals surface area contributed by atoms with Crippen LogP contribution in [0.4, 0.5) is 4.39 Å². The van der Waals surface area contributed by atoms with Gasteiger partial charge >= 0.3 is 0 Å². The van der Waals surface area contributed by atoms with Gasteiger partial charge in [-0.15, -0.1) is 0 Å². The number of aromatic nitrogens is 1. The lowest BCUT2D eigenvalue weighted by molar-refractivity contribution is 0.465. The van der Waals surface area contributed by atoms with Gasteiger partial charge in [0.2, 0.25) is 0 Å². The first-order valence-electron chi connectivity index (χ1n) is 7.21. The van der Waals surface area contributed by atoms with Crippen molar-refractivity contribution in [3.8, 4) is 0 Å². The third-order valence-corrected chi connectivity index (χ3v) is 4.26. The van der Waals surface area contributed by atoms with Crippen LogP contribution >= 0.6 is 15.9 Å². The predicted octanol–water partition coefficient (Wildman–Crippen LogP) is 4.83. The molecule has 4 heteroatoms. The second-order valence-electron chi connectivity index (χ2n) is 5.17. The van der Waals surface area contributed by atoms with Gasteiger partial charge in [-0.3, -0.25) is 4.98 Å². The van der Waals surface area contributed by atoms with E-state index in [4.69, 9.17) is 0 Å². The molecule has 0 amide bonds. The standard InChI is InChI=1S/C17H20BrFN2/c1-3-8-21-17(12(2)13-6-9-20-10-7-13)14-4-5-16(19)15(18)11-14/h4-7,9-12,17,21H,3,8H2,1-2H3. The van der Waals surface area contributed by atoms with Crippen LogP contribution in [-0.4, -0.2) is 11.5 Å². The van der Waals surface area contributed by atoms with Gasteiger partial charge in [-0.1, -0.05) is 19.9 Å². The van der Waals surface area contributed by atoms with Gasteiger partial charge in [0.1, 0.15) is 5.82 Å². The molecule has 0 spiro atoms. The van der Waals surface area contributed by atoms with Gasteiger partial charge < -0.3 is 5.32 Å². The third-order valence-electron chi connectivity index (χ3n) is 3.65. The molecular formula is C17H20BrFN2. The third kappa shape index (κ3) is 4.11. The lowest BCUT2D eigenvalue weighted by Crippen LogP contribution is -2.26. The zero-order valence-electron chi connectivity index (χ0n) is 12.3. The summed E-state index contributed by atoms with van der Waals surface area (Å²) in [5, 5.41) is 3.57. The smallest absolute Gasteiger partial charge is 0.137 e. The summed E-state index contributed by atoms with van der Waals surface area (Å²) in [6, 6.07) is 9.43. The van der Waals surface area contributed by atoms with Crippen LogP contribution < -0.4 is 5.32 Å². The SMILES string of the molecule is CCCNC(c1ccc(F)c(Br)c1)C(C)c1ccncc1. The number of pyridine rings is 1. The van der Waals surface area contributed by atoms with Crippen molar-refractivity contribution in [2.24, 2.45) is 0 Å². The highest BCUT2D eigenvalue weighted by molar-refractivity contribution is 9.10. The maximum atomic E-state index is 13.5. The Bertz CT molecular complexity index is 574. The molecule has 1 heterocycles. The monoisotopic (exact) mass is 350 g/mol. The van der Waals surface area contributed by atoms with Gasteiger partial charge in [0.05, 0.1) is 4.47 Å². The van der Waals surface area contributed by atoms with E-state index in [1.807, 2.05) is 36.7 Å². The molecule has 1 aromatic heterocycles. The Morgan fingerprint density at radius 1 is 1.19 bits per heavy atom. The molecule has 2 unspecified atom stereocenters. The summed E-state index contributed by atoms with van der Waals surface area (Å²) in [6.07, 6.45) is 4.68. The Hall–Kier alpha value is -1.26. The van der Waals surface area contributed by atoms with Crippen molar-refractivity contribution >= 4 is 15.9 Å². The topological polar surface area (TPSA) is 24.9 Å². The Morgan fingerprint density at radius 3 is 2.52 bits per heavy atom. The molecule has 0 aliphatic carbocycles. The van der Waals surface area contributed by atoms with Crippen molar-refractivity contribution in [1.82, 2.24) is 10.3 Å². The predicted molar refractivity (Wildman–Crippen MR) is 87.8 cm³/mol. The number of hydrogen-bond acceptors (Lipinski definition) is 2. The Morgan fingerprint density at radius 2 is 1.90 bits per heavy atom. The molecule has 2 rings (SSSR count). The maximum Gasteiger partial charge on any atom is 0.137 e. The molecule has 2 nitrogen and oxygen atoms in total. The fraction of sp³-hybridized carbons (Fsp3) is 0.353. The number of halogens is 2. The number of benzene rings is 1. The van der Waals surface area contributed by atoms with Gasteiger partial charge in [0.25, 0.3) is 0 Å². The lowest BCUT2D eigenvalue weighted by atomic mass is 9.89. The zero-order chi connectivity index (χ0) is 15.2. The van der Waals surface area contributed by atoms with Crippen LogP contribution in [0.25, 0.3) is 0 Å². The highest BCUT2D eigenvalue weighted by atomic mass is 79.9. The van der Waals surface area contributed by atoms with E-state index in [-0.39, 0.29) is 17.8 Å². The first kappa shape index (κ1) is 16.1. The van der Waals surface area contributed by atoms with E-state index in [1.165, 1.54) is 11.6 Å². The maximum absolute atomic E-state index is 13.5. The molecule has 0 radical (unpaired) electrons. The molecule has 112 valence electrons. The summed E-state index contributed by atoms with van der Waals surface area (Å²) < 4.78 is 14.0. The molecule has 0 fully saturated rings. The van der Waals surface area contributed by atoms with Crippen molar-refractivity contribution in [1.29, 1.82) is 0 Å². The van der Waals surface area contributed by atoms with Crippen LogP contribution in [-0.2, 0) is 0 Å². The van der Waals surface area contributed by atoms with Gasteiger partial charge in [-0.25, -0.2) is 4.39 Å². The molecular weight excluding hydrogens is 331 g/mol.